The minimum absolute atomic E-state index is 0.0505. The Bertz CT molecular complexity index is 3200. The number of hydrogen-bond donors (Lipinski definition) is 4. The lowest BCUT2D eigenvalue weighted by Gasteiger charge is -2.12. The van der Waals surface area contributed by atoms with Crippen LogP contribution in [0, 0.1) is 32.1 Å². The van der Waals surface area contributed by atoms with Crippen LogP contribution in [0.1, 0.15) is 59.8 Å². The minimum Gasteiger partial charge on any atom is -0.494 e. The van der Waals surface area contributed by atoms with Gasteiger partial charge in [-0.15, -0.1) is 15.3 Å². The second-order valence-corrected chi connectivity index (χ2v) is 19.5. The van der Waals surface area contributed by atoms with Gasteiger partial charge >= 0.3 is 0 Å². The molecule has 0 radical (unpaired) electrons. The fourth-order valence-corrected chi connectivity index (χ4v) is 7.70. The molecule has 0 amide bonds. The van der Waals surface area contributed by atoms with Gasteiger partial charge < -0.3 is 19.3 Å². The molecule has 0 saturated carbocycles. The summed E-state index contributed by atoms with van der Waals surface area (Å²) in [7, 11) is -12.7. The molecule has 68 heavy (non-hydrogen) atoms. The van der Waals surface area contributed by atoms with Crippen molar-refractivity contribution in [3.05, 3.63) is 94.8 Å². The van der Waals surface area contributed by atoms with Crippen LogP contribution in [0.2, 0.25) is 0 Å². The number of nitrogens with zero attached hydrogens (tertiary/aromatic N) is 9. The number of nitriles is 1. The van der Waals surface area contributed by atoms with Crippen LogP contribution in [0.5, 0.6) is 23.1 Å². The third kappa shape index (κ3) is 14.5. The van der Waals surface area contributed by atoms with Crippen molar-refractivity contribution < 1.29 is 58.2 Å². The first-order valence-corrected chi connectivity index (χ1v) is 25.3. The number of benzene rings is 3. The van der Waals surface area contributed by atoms with E-state index in [9.17, 15) is 44.7 Å². The Morgan fingerprint density at radius 3 is 1.65 bits per heavy atom. The topological polar surface area (TPSA) is 326 Å². The zero-order valence-electron chi connectivity index (χ0n) is 37.1. The number of azo groups is 3. The Kier molecular flexibility index (Phi) is 17.4. The van der Waals surface area contributed by atoms with E-state index in [1.165, 1.54) is 22.6 Å². The average Bonchev–Trinajstić information content (AvgIpc) is 3.63. The van der Waals surface area contributed by atoms with Gasteiger partial charge in [0.05, 0.1) is 65.5 Å². The van der Waals surface area contributed by atoms with Gasteiger partial charge in [0.15, 0.2) is 11.3 Å². The molecule has 0 saturated heterocycles. The highest BCUT2D eigenvalue weighted by molar-refractivity contribution is 7.86. The Morgan fingerprint density at radius 1 is 0.706 bits per heavy atom. The van der Waals surface area contributed by atoms with Gasteiger partial charge in [0.25, 0.3) is 30.4 Å². The molecule has 0 spiro atoms. The Hall–Kier alpha value is -6.95. The van der Waals surface area contributed by atoms with E-state index in [1.54, 1.807) is 76.2 Å². The maximum absolute atomic E-state index is 11.5. The SMILES string of the molecule is C=Cc1nc2c(C#N)c(C)c(N=Nc3cc(C)c(N=Nc4cc(C)c(N=Nc5ccc(OCCCS(=O)(=O)O)cc5)cc4OCCCS(=O)(=O)O)cc3OCCCS(=O)(=O)O)c(O)n2c1/C=C\C. The Labute approximate surface area is 392 Å². The number of hydrogen-bond acceptors (Lipinski definition) is 18. The highest BCUT2D eigenvalue weighted by Gasteiger charge is 2.23. The summed E-state index contributed by atoms with van der Waals surface area (Å²) < 4.78 is 114. The highest BCUT2D eigenvalue weighted by Crippen LogP contribution is 2.42. The van der Waals surface area contributed by atoms with Gasteiger partial charge in [-0.2, -0.15) is 45.9 Å². The van der Waals surface area contributed by atoms with Crippen molar-refractivity contribution in [3.63, 3.8) is 0 Å². The number of aromatic hydroxyl groups is 1. The highest BCUT2D eigenvalue weighted by atomic mass is 32.2. The van der Waals surface area contributed by atoms with E-state index in [-0.39, 0.29) is 96.0 Å². The third-order valence-corrected chi connectivity index (χ3v) is 12.0. The number of rotatable bonds is 23. The van der Waals surface area contributed by atoms with E-state index in [2.05, 4.69) is 48.3 Å². The number of aryl methyl sites for hydroxylation is 2. The van der Waals surface area contributed by atoms with Gasteiger partial charge in [-0.25, -0.2) is 4.98 Å². The average molecular weight is 994 g/mol. The molecule has 4 N–H and O–H groups in total. The number of fused-ring (bicyclic) bond motifs is 1. The van der Waals surface area contributed by atoms with E-state index in [1.807, 2.05) is 0 Å². The van der Waals surface area contributed by atoms with E-state index in [0.717, 1.165) is 0 Å². The van der Waals surface area contributed by atoms with Gasteiger partial charge in [-0.1, -0.05) is 12.7 Å². The summed E-state index contributed by atoms with van der Waals surface area (Å²) in [5.41, 5.74) is 3.81. The number of ether oxygens (including phenoxy) is 3. The predicted octanol–water partition coefficient (Wildman–Crippen LogP) is 9.73. The van der Waals surface area contributed by atoms with Gasteiger partial charge in [0, 0.05) is 17.7 Å². The molecular formula is C43H47N9O13S3. The number of aromatic nitrogens is 2. The molecule has 0 aliphatic carbocycles. The molecule has 5 rings (SSSR count). The number of allylic oxidation sites excluding steroid dienone is 1. The van der Waals surface area contributed by atoms with Crippen molar-refractivity contribution in [1.82, 2.24) is 9.38 Å². The Morgan fingerprint density at radius 2 is 1.18 bits per heavy atom. The van der Waals surface area contributed by atoms with Crippen molar-refractivity contribution in [2.24, 2.45) is 30.7 Å². The van der Waals surface area contributed by atoms with Crippen molar-refractivity contribution in [1.29, 1.82) is 5.26 Å². The second kappa shape index (κ2) is 22.7. The summed E-state index contributed by atoms with van der Waals surface area (Å²) in [4.78, 5) is 4.48. The normalized spacial score (nSPS) is 12.5. The largest absolute Gasteiger partial charge is 0.494 e. The third-order valence-electron chi connectivity index (χ3n) is 9.56. The molecule has 2 aromatic heterocycles. The predicted molar refractivity (Wildman–Crippen MR) is 252 cm³/mol. The molecule has 0 aliphatic heterocycles. The van der Waals surface area contributed by atoms with E-state index in [0.29, 0.717) is 39.6 Å². The van der Waals surface area contributed by atoms with Crippen molar-refractivity contribution in [3.8, 4) is 29.2 Å². The van der Waals surface area contributed by atoms with Gasteiger partial charge in [-0.05, 0) is 107 Å². The molecule has 2 heterocycles. The molecule has 22 nitrogen and oxygen atoms in total. The lowest BCUT2D eigenvalue weighted by molar-refractivity contribution is 0.316. The number of pyridine rings is 1. The molecule has 0 fully saturated rings. The molecular weight excluding hydrogens is 947 g/mol. The summed E-state index contributed by atoms with van der Waals surface area (Å²) in [6, 6.07) is 14.7. The second-order valence-electron chi connectivity index (χ2n) is 14.8. The van der Waals surface area contributed by atoms with E-state index in [4.69, 9.17) is 18.8 Å². The Balaban J connectivity index is 1.50. The van der Waals surface area contributed by atoms with Gasteiger partial charge in [0.2, 0.25) is 5.88 Å². The van der Waals surface area contributed by atoms with Gasteiger partial charge in [0.1, 0.15) is 40.3 Å². The standard InChI is InChI=1S/C43H47N9O13S3/c1-6-11-38-33(7-2)45-42-32(26-44)29(5)41(43(53)52(38)42)51-50-37-23-28(4)35(25-40(37)65-18-10-21-68(60,61)62)48-49-36-22-27(3)34(24-39(36)64-17-9-20-67(57,58)59)47-46-30-12-14-31(15-13-30)63-16-8-19-66(54,55)56/h6-7,11-15,22-25,53H,2,8-10,16-21H2,1,3-5H3,(H,54,55,56)(H,57,58,59)(H,60,61,62)/b11-6-,47-46?,49-48?,51-50?. The zero-order chi connectivity index (χ0) is 49.8. The van der Waals surface area contributed by atoms with Crippen molar-refractivity contribution in [2.45, 2.75) is 47.0 Å². The van der Waals surface area contributed by atoms with Crippen molar-refractivity contribution >= 4 is 82.3 Å². The first-order valence-electron chi connectivity index (χ1n) is 20.4. The quantitative estimate of drug-likeness (QED) is 0.0269. The maximum atomic E-state index is 11.5. The molecule has 3 aromatic carbocycles. The summed E-state index contributed by atoms with van der Waals surface area (Å²) in [6.07, 6.45) is 4.82. The smallest absolute Gasteiger partial charge is 0.264 e. The molecule has 0 bridgehead atoms. The fraction of sp³-hybridized carbons (Fsp3) is 0.302. The van der Waals surface area contributed by atoms with Crippen LogP contribution >= 0.6 is 0 Å². The van der Waals surface area contributed by atoms with E-state index < -0.39 is 47.6 Å². The zero-order valence-corrected chi connectivity index (χ0v) is 39.6. The lowest BCUT2D eigenvalue weighted by atomic mass is 10.1. The molecule has 0 atom stereocenters. The van der Waals surface area contributed by atoms with Crippen LogP contribution in [0.3, 0.4) is 0 Å². The first kappa shape index (κ1) is 52.0. The maximum Gasteiger partial charge on any atom is 0.264 e. The molecule has 0 aliphatic rings. The molecule has 5 aromatic rings. The minimum atomic E-state index is -4.30. The molecule has 360 valence electrons. The van der Waals surface area contributed by atoms with Crippen LogP contribution in [-0.4, -0.2) is 90.5 Å². The summed E-state index contributed by atoms with van der Waals surface area (Å²) in [5, 5.41) is 47.8. The lowest BCUT2D eigenvalue weighted by Crippen LogP contribution is -2.08. The van der Waals surface area contributed by atoms with Crippen LogP contribution in [-0.2, 0) is 30.4 Å². The summed E-state index contributed by atoms with van der Waals surface area (Å²) in [6.45, 7) is 10.3. The molecule has 25 heteroatoms. The monoisotopic (exact) mass is 993 g/mol. The summed E-state index contributed by atoms with van der Waals surface area (Å²) >= 11 is 0. The van der Waals surface area contributed by atoms with Crippen LogP contribution in [0.25, 0.3) is 17.8 Å². The first-order chi connectivity index (χ1) is 32.1. The van der Waals surface area contributed by atoms with Crippen LogP contribution in [0.15, 0.2) is 91.9 Å². The fourth-order valence-electron chi connectivity index (χ4n) is 6.25. The summed E-state index contributed by atoms with van der Waals surface area (Å²) in [5.74, 6) is -1.34. The molecule has 0 unspecified atom stereocenters. The van der Waals surface area contributed by atoms with E-state index >= 15 is 0 Å². The van der Waals surface area contributed by atoms with Gasteiger partial charge in [-0.3, -0.25) is 18.1 Å². The van der Waals surface area contributed by atoms with Crippen LogP contribution in [0.4, 0.5) is 34.1 Å². The van der Waals surface area contributed by atoms with Crippen molar-refractivity contribution in [2.75, 3.05) is 37.1 Å². The van der Waals surface area contributed by atoms with Crippen LogP contribution < -0.4 is 14.2 Å². The number of imidazole rings is 1.